The van der Waals surface area contributed by atoms with E-state index in [0.29, 0.717) is 0 Å². The summed E-state index contributed by atoms with van der Waals surface area (Å²) in [5, 5.41) is 0. The second-order valence-electron chi connectivity index (χ2n) is 10.5. The average Bonchev–Trinajstić information content (AvgIpc) is 3.04. The monoisotopic (exact) mass is 514 g/mol. The largest absolute Gasteiger partial charge is 0.381 e. The Morgan fingerprint density at radius 3 is 1.77 bits per heavy atom. The Hall–Kier alpha value is -5.15. The van der Waals surface area contributed by atoms with E-state index in [-0.39, 0.29) is 6.17 Å². The van der Waals surface area contributed by atoms with Crippen LogP contribution in [-0.2, 0) is 6.54 Å². The van der Waals surface area contributed by atoms with Crippen LogP contribution in [0.5, 0.6) is 0 Å². The van der Waals surface area contributed by atoms with Gasteiger partial charge in [-0.1, -0.05) is 48.5 Å². The molecule has 0 aliphatic carbocycles. The topological polar surface area (TPSA) is 11.6 Å². The van der Waals surface area contributed by atoms with Crippen molar-refractivity contribution in [3.8, 4) is 33.8 Å². The summed E-state index contributed by atoms with van der Waals surface area (Å²) in [4.78, 5) is 0. The molecule has 2 aliphatic heterocycles. The number of pyridine rings is 3. The van der Waals surface area contributed by atoms with E-state index in [2.05, 4.69) is 166 Å². The lowest BCUT2D eigenvalue weighted by Crippen LogP contribution is -2.59. The molecule has 0 saturated heterocycles. The van der Waals surface area contributed by atoms with Crippen LogP contribution in [0.4, 0.5) is 0 Å². The Labute approximate surface area is 234 Å². The Morgan fingerprint density at radius 2 is 1.00 bits per heavy atom. The highest BCUT2D eigenvalue weighted by Gasteiger charge is 2.40. The lowest BCUT2D eigenvalue weighted by molar-refractivity contribution is -0.924. The number of aromatic nitrogens is 3. The normalized spacial score (nSPS) is 14.8. The summed E-state index contributed by atoms with van der Waals surface area (Å²) in [5.74, 6) is 0. The minimum atomic E-state index is -0.127. The molecule has 0 unspecified atom stereocenters. The number of rotatable bonds is 0. The molecule has 188 valence electrons. The Balaban J connectivity index is 1.64. The second kappa shape index (κ2) is 9.25. The van der Waals surface area contributed by atoms with Gasteiger partial charge >= 0.3 is 6.17 Å². The lowest BCUT2D eigenvalue weighted by Gasteiger charge is -2.17. The number of allylic oxidation sites excluding steroid dienone is 1. The SMILES string of the molecule is C1=C2C[n+]3ccccc3-c3ccccc3[C@@H]([n+]3ccccc3-c3ccccc31)[n+]1ccccc1-c1ccccc12. The molecule has 1 atom stereocenters. The first-order valence-electron chi connectivity index (χ1n) is 13.8. The molecule has 0 spiro atoms. The lowest BCUT2D eigenvalue weighted by atomic mass is 9.93. The van der Waals surface area contributed by atoms with Crippen LogP contribution in [0.2, 0.25) is 0 Å². The third-order valence-electron chi connectivity index (χ3n) is 8.22. The van der Waals surface area contributed by atoms with Crippen molar-refractivity contribution in [3.63, 3.8) is 0 Å². The molecule has 0 fully saturated rings. The minimum absolute atomic E-state index is 0.127. The van der Waals surface area contributed by atoms with Crippen molar-refractivity contribution in [2.75, 3.05) is 0 Å². The molecule has 0 radical (unpaired) electrons. The van der Waals surface area contributed by atoms with Gasteiger partial charge in [-0.3, -0.25) is 0 Å². The number of fused-ring (bicyclic) bond motifs is 8. The summed E-state index contributed by atoms with van der Waals surface area (Å²) in [6, 6.07) is 46.2. The molecular weight excluding hydrogens is 486 g/mol. The predicted octanol–water partition coefficient (Wildman–Crippen LogP) is 6.51. The Kier molecular flexibility index (Phi) is 5.27. The molecule has 0 N–H and O–H groups in total. The first kappa shape index (κ1) is 22.8. The van der Waals surface area contributed by atoms with Gasteiger partial charge < -0.3 is 0 Å². The standard InChI is InChI=1S/C37H28N3/c1-2-15-30-27(13-1)25-28-26-38-22-10-7-19-34(38)32-17-5-6-18-33(32)37(39-23-11-8-20-35(30)39)40-24-12-9-21-36(40)31-16-4-3-14-29(28)31/h1-25,37H,26H2/q+3/t37-/m0/s1. The van der Waals surface area contributed by atoms with E-state index < -0.39 is 0 Å². The van der Waals surface area contributed by atoms with Crippen molar-refractivity contribution in [1.82, 2.24) is 0 Å². The van der Waals surface area contributed by atoms with E-state index >= 15 is 0 Å². The Bertz CT molecular complexity index is 1950. The van der Waals surface area contributed by atoms with Crippen LogP contribution in [0.15, 0.2) is 146 Å². The maximum absolute atomic E-state index is 2.45. The smallest absolute Gasteiger partial charge is 0.194 e. The van der Waals surface area contributed by atoms with Crippen molar-refractivity contribution in [1.29, 1.82) is 0 Å². The van der Waals surface area contributed by atoms with Gasteiger partial charge in [0.25, 0.3) is 0 Å². The summed E-state index contributed by atoms with van der Waals surface area (Å²) in [5.41, 5.74) is 12.3. The maximum Gasteiger partial charge on any atom is 0.381 e. The third kappa shape index (κ3) is 3.55. The van der Waals surface area contributed by atoms with Crippen LogP contribution in [0.25, 0.3) is 45.4 Å². The molecule has 3 heteroatoms. The van der Waals surface area contributed by atoms with Crippen molar-refractivity contribution in [2.45, 2.75) is 12.7 Å². The Morgan fingerprint density at radius 1 is 0.450 bits per heavy atom. The summed E-state index contributed by atoms with van der Waals surface area (Å²) in [6.07, 6.45) is 8.96. The van der Waals surface area contributed by atoms with Gasteiger partial charge in [-0.2, -0.15) is 4.57 Å². The van der Waals surface area contributed by atoms with Crippen LogP contribution in [0, 0.1) is 0 Å². The number of hydrogen-bond acceptors (Lipinski definition) is 0. The third-order valence-corrected chi connectivity index (χ3v) is 8.22. The number of benzene rings is 3. The molecule has 8 rings (SSSR count). The van der Waals surface area contributed by atoms with E-state index in [1.165, 1.54) is 56.0 Å². The highest BCUT2D eigenvalue weighted by molar-refractivity contribution is 5.90. The van der Waals surface area contributed by atoms with Crippen LogP contribution < -0.4 is 13.7 Å². The molecule has 3 aromatic carbocycles. The molecule has 3 aromatic heterocycles. The molecule has 5 heterocycles. The summed E-state index contributed by atoms with van der Waals surface area (Å²) in [7, 11) is 0. The zero-order chi connectivity index (χ0) is 26.5. The number of hydrogen-bond donors (Lipinski definition) is 0. The van der Waals surface area contributed by atoms with Gasteiger partial charge in [-0.05, 0) is 59.7 Å². The van der Waals surface area contributed by atoms with E-state index in [1.54, 1.807) is 0 Å². The van der Waals surface area contributed by atoms with Crippen molar-refractivity contribution < 1.29 is 13.7 Å². The maximum atomic E-state index is 2.45. The molecular formula is C37H28N3+3. The molecule has 0 amide bonds. The molecule has 3 nitrogen and oxygen atoms in total. The first-order chi connectivity index (χ1) is 19.9. The molecule has 0 saturated carbocycles. The van der Waals surface area contributed by atoms with E-state index in [0.717, 1.165) is 6.54 Å². The quantitative estimate of drug-likeness (QED) is 0.205. The zero-order valence-electron chi connectivity index (χ0n) is 22.1. The van der Waals surface area contributed by atoms with Gasteiger partial charge in [0.1, 0.15) is 5.56 Å². The molecule has 2 aliphatic rings. The fraction of sp³-hybridized carbons (Fsp3) is 0.0541. The molecule has 6 aromatic rings. The minimum Gasteiger partial charge on any atom is -0.194 e. The molecule has 40 heavy (non-hydrogen) atoms. The van der Waals surface area contributed by atoms with Gasteiger partial charge in [0.05, 0.1) is 16.7 Å². The predicted molar refractivity (Wildman–Crippen MR) is 158 cm³/mol. The van der Waals surface area contributed by atoms with E-state index in [1.807, 2.05) is 0 Å². The summed E-state index contributed by atoms with van der Waals surface area (Å²) < 4.78 is 7.29. The molecule has 2 bridgehead atoms. The second-order valence-corrected chi connectivity index (χ2v) is 10.5. The highest BCUT2D eigenvalue weighted by atomic mass is 15.2. The summed E-state index contributed by atoms with van der Waals surface area (Å²) >= 11 is 0. The van der Waals surface area contributed by atoms with Gasteiger partial charge in [-0.25, -0.2) is 0 Å². The van der Waals surface area contributed by atoms with Crippen molar-refractivity contribution in [3.05, 3.63) is 163 Å². The van der Waals surface area contributed by atoms with Crippen molar-refractivity contribution >= 4 is 11.6 Å². The van der Waals surface area contributed by atoms with Gasteiger partial charge in [-0.15, -0.1) is 9.13 Å². The average molecular weight is 515 g/mol. The van der Waals surface area contributed by atoms with Crippen molar-refractivity contribution in [2.24, 2.45) is 0 Å². The fourth-order valence-corrected chi connectivity index (χ4v) is 6.47. The van der Waals surface area contributed by atoms with Gasteiger partial charge in [0.15, 0.2) is 25.1 Å². The fourth-order valence-electron chi connectivity index (χ4n) is 6.47. The summed E-state index contributed by atoms with van der Waals surface area (Å²) in [6.45, 7) is 0.752. The van der Waals surface area contributed by atoms with Crippen LogP contribution in [-0.4, -0.2) is 0 Å². The van der Waals surface area contributed by atoms with Crippen LogP contribution >= 0.6 is 0 Å². The van der Waals surface area contributed by atoms with E-state index in [4.69, 9.17) is 0 Å². The highest BCUT2D eigenvalue weighted by Crippen LogP contribution is 2.36. The first-order valence-corrected chi connectivity index (χ1v) is 13.8. The number of nitrogens with zero attached hydrogens (tertiary/aromatic N) is 3. The zero-order valence-corrected chi connectivity index (χ0v) is 22.1. The van der Waals surface area contributed by atoms with Crippen LogP contribution in [0.1, 0.15) is 22.9 Å². The van der Waals surface area contributed by atoms with Gasteiger partial charge in [0, 0.05) is 42.0 Å². The van der Waals surface area contributed by atoms with Gasteiger partial charge in [0.2, 0.25) is 17.1 Å². The van der Waals surface area contributed by atoms with Crippen LogP contribution in [0.3, 0.4) is 0 Å². The van der Waals surface area contributed by atoms with E-state index in [9.17, 15) is 0 Å².